The number of carbonyl (C=O) groups excluding carboxylic acids is 1. The Hall–Kier alpha value is -2.65. The molecule has 0 spiro atoms. The second kappa shape index (κ2) is 7.53. The summed E-state index contributed by atoms with van der Waals surface area (Å²) in [6.07, 6.45) is 5.37. The molecule has 9 heteroatoms. The van der Waals surface area contributed by atoms with Crippen LogP contribution in [0.25, 0.3) is 21.5 Å². The average Bonchev–Trinajstić information content (AvgIpc) is 3.14. The van der Waals surface area contributed by atoms with E-state index < -0.39 is 0 Å². The van der Waals surface area contributed by atoms with Gasteiger partial charge in [-0.05, 0) is 38.9 Å². The van der Waals surface area contributed by atoms with Crippen molar-refractivity contribution in [3.8, 4) is 10.6 Å². The molecule has 8 nitrogen and oxygen atoms in total. The largest absolute Gasteiger partial charge is 0.324 e. The van der Waals surface area contributed by atoms with Crippen molar-refractivity contribution in [2.24, 2.45) is 0 Å². The lowest BCUT2D eigenvalue weighted by molar-refractivity contribution is 0.190. The van der Waals surface area contributed by atoms with Crippen LogP contribution >= 0.6 is 11.3 Å². The zero-order chi connectivity index (χ0) is 18.8. The Labute approximate surface area is 161 Å². The number of piperidine rings is 1. The average molecular weight is 383 g/mol. The fourth-order valence-corrected chi connectivity index (χ4v) is 3.86. The molecule has 140 valence electrons. The number of nitrogens with zero attached hydrogens (tertiary/aromatic N) is 5. The molecule has 27 heavy (non-hydrogen) atoms. The molecule has 3 aromatic rings. The molecule has 2 amide bonds. The Balaban J connectivity index is 1.51. The molecule has 4 heterocycles. The number of aryl methyl sites for hydroxylation is 1. The van der Waals surface area contributed by atoms with Crippen molar-refractivity contribution in [1.82, 2.24) is 30.4 Å². The molecule has 0 unspecified atom stereocenters. The van der Waals surface area contributed by atoms with Crippen LogP contribution in [0.1, 0.15) is 17.8 Å². The molecule has 1 saturated heterocycles. The first-order valence-corrected chi connectivity index (χ1v) is 9.73. The number of amides is 2. The Morgan fingerprint density at radius 3 is 2.70 bits per heavy atom. The van der Waals surface area contributed by atoms with Gasteiger partial charge in [0.25, 0.3) is 0 Å². The lowest BCUT2D eigenvalue weighted by atomic mass is 10.1. The summed E-state index contributed by atoms with van der Waals surface area (Å²) in [5, 5.41) is 17.0. The van der Waals surface area contributed by atoms with Gasteiger partial charge in [-0.15, -0.1) is 10.2 Å². The van der Waals surface area contributed by atoms with E-state index in [1.54, 1.807) is 12.4 Å². The topological polar surface area (TPSA) is 95.9 Å². The van der Waals surface area contributed by atoms with Gasteiger partial charge in [0, 0.05) is 36.3 Å². The van der Waals surface area contributed by atoms with Crippen LogP contribution in [0.3, 0.4) is 0 Å². The zero-order valence-corrected chi connectivity index (χ0v) is 16.1. The molecule has 0 aliphatic carbocycles. The number of likely N-dealkylation sites (tertiary alicyclic amines) is 1. The third kappa shape index (κ3) is 3.88. The molecule has 0 atom stereocenters. The number of hydrogen-bond acceptors (Lipinski definition) is 7. The molecule has 1 fully saturated rings. The summed E-state index contributed by atoms with van der Waals surface area (Å²) < 4.78 is 0. The summed E-state index contributed by atoms with van der Waals surface area (Å²) >= 11 is 1.53. The lowest BCUT2D eigenvalue weighted by Crippen LogP contribution is -2.45. The smallest absolute Gasteiger partial charge is 0.323 e. The summed E-state index contributed by atoms with van der Waals surface area (Å²) in [7, 11) is 1.96. The normalized spacial score (nSPS) is 15.3. The highest BCUT2D eigenvalue weighted by molar-refractivity contribution is 7.14. The van der Waals surface area contributed by atoms with E-state index in [9.17, 15) is 4.79 Å². The molecule has 1 aliphatic heterocycles. The Morgan fingerprint density at radius 2 is 2.00 bits per heavy atom. The Bertz CT molecular complexity index is 965. The minimum atomic E-state index is -0.111. The van der Waals surface area contributed by atoms with Gasteiger partial charge in [-0.1, -0.05) is 11.3 Å². The van der Waals surface area contributed by atoms with E-state index in [4.69, 9.17) is 0 Å². The molecule has 0 bridgehead atoms. The summed E-state index contributed by atoms with van der Waals surface area (Å²) in [6.45, 7) is 3.41. The van der Waals surface area contributed by atoms with E-state index in [1.807, 2.05) is 31.0 Å². The maximum absolute atomic E-state index is 12.5. The number of carbonyl (C=O) groups is 1. The molecular formula is C18H21N7OS. The van der Waals surface area contributed by atoms with Crippen LogP contribution < -0.4 is 10.6 Å². The van der Waals surface area contributed by atoms with Gasteiger partial charge in [0.05, 0.1) is 11.7 Å². The third-order valence-electron chi connectivity index (χ3n) is 4.77. The number of pyridine rings is 2. The highest BCUT2D eigenvalue weighted by Crippen LogP contribution is 2.26. The van der Waals surface area contributed by atoms with E-state index >= 15 is 0 Å². The van der Waals surface area contributed by atoms with Gasteiger partial charge in [-0.2, -0.15) is 0 Å². The van der Waals surface area contributed by atoms with Crippen LogP contribution in [0.15, 0.2) is 24.5 Å². The number of urea groups is 1. The molecule has 0 aromatic carbocycles. The number of fused-ring (bicyclic) bond motifs is 1. The molecule has 0 saturated carbocycles. The first-order valence-electron chi connectivity index (χ1n) is 8.92. The van der Waals surface area contributed by atoms with Crippen molar-refractivity contribution >= 4 is 34.1 Å². The predicted octanol–water partition coefficient (Wildman–Crippen LogP) is 2.67. The zero-order valence-electron chi connectivity index (χ0n) is 15.3. The van der Waals surface area contributed by atoms with Gasteiger partial charge in [0.2, 0.25) is 0 Å². The summed E-state index contributed by atoms with van der Waals surface area (Å²) in [4.78, 5) is 23.1. The van der Waals surface area contributed by atoms with E-state index in [0.29, 0.717) is 11.9 Å². The molecule has 2 N–H and O–H groups in total. The van der Waals surface area contributed by atoms with E-state index in [-0.39, 0.29) is 6.03 Å². The summed E-state index contributed by atoms with van der Waals surface area (Å²) in [6, 6.07) is 4.22. The summed E-state index contributed by atoms with van der Waals surface area (Å²) in [5.74, 6) is 0.524. The van der Waals surface area contributed by atoms with Gasteiger partial charge < -0.3 is 10.2 Å². The lowest BCUT2D eigenvalue weighted by Gasteiger charge is -2.31. The maximum atomic E-state index is 12.5. The fourth-order valence-electron chi connectivity index (χ4n) is 3.19. The van der Waals surface area contributed by atoms with Gasteiger partial charge in [0.15, 0.2) is 0 Å². The van der Waals surface area contributed by atoms with Crippen LogP contribution in [-0.4, -0.2) is 57.3 Å². The first-order chi connectivity index (χ1) is 13.1. The minimum absolute atomic E-state index is 0.111. The van der Waals surface area contributed by atoms with Crippen LogP contribution in [0.4, 0.5) is 10.6 Å². The van der Waals surface area contributed by atoms with E-state index in [2.05, 4.69) is 30.8 Å². The van der Waals surface area contributed by atoms with Crippen molar-refractivity contribution in [3.05, 3.63) is 29.5 Å². The third-order valence-corrected chi connectivity index (χ3v) is 5.65. The maximum Gasteiger partial charge on any atom is 0.323 e. The number of aromatic nitrogens is 4. The molecule has 4 rings (SSSR count). The first kappa shape index (κ1) is 17.7. The Kier molecular flexibility index (Phi) is 4.95. The monoisotopic (exact) mass is 383 g/mol. The van der Waals surface area contributed by atoms with E-state index in [1.165, 1.54) is 11.3 Å². The van der Waals surface area contributed by atoms with Gasteiger partial charge in [0.1, 0.15) is 15.8 Å². The highest BCUT2D eigenvalue weighted by atomic mass is 32.1. The van der Waals surface area contributed by atoms with Crippen LogP contribution in [0.5, 0.6) is 0 Å². The van der Waals surface area contributed by atoms with Crippen LogP contribution in [0, 0.1) is 6.92 Å². The van der Waals surface area contributed by atoms with Crippen molar-refractivity contribution in [3.63, 3.8) is 0 Å². The van der Waals surface area contributed by atoms with Crippen LogP contribution in [0.2, 0.25) is 0 Å². The number of hydrogen-bond donors (Lipinski definition) is 2. The summed E-state index contributed by atoms with van der Waals surface area (Å²) in [5.41, 5.74) is 1.68. The minimum Gasteiger partial charge on any atom is -0.324 e. The second-order valence-corrected chi connectivity index (χ2v) is 7.77. The predicted molar refractivity (Wildman–Crippen MR) is 106 cm³/mol. The molecule has 0 radical (unpaired) electrons. The molecular weight excluding hydrogens is 362 g/mol. The van der Waals surface area contributed by atoms with E-state index in [0.717, 1.165) is 52.4 Å². The molecule has 1 aliphatic rings. The highest BCUT2D eigenvalue weighted by Gasteiger charge is 2.22. The number of anilines is 1. The van der Waals surface area contributed by atoms with Gasteiger partial charge >= 0.3 is 6.03 Å². The number of nitrogens with one attached hydrogen (secondary N) is 2. The van der Waals surface area contributed by atoms with Gasteiger partial charge in [-0.3, -0.25) is 10.3 Å². The standard InChI is InChI=1S/C18H21N7OS/c1-11-23-24-17(27-11)13-7-12-8-16(21-10-15(12)20-9-13)22-18(26)25-5-3-14(19-2)4-6-25/h7-10,14,19H,3-6H2,1-2H3,(H,21,22,26). The van der Waals surface area contributed by atoms with Crippen molar-refractivity contribution in [2.45, 2.75) is 25.8 Å². The Morgan fingerprint density at radius 1 is 1.19 bits per heavy atom. The molecule has 3 aromatic heterocycles. The van der Waals surface area contributed by atoms with Crippen molar-refractivity contribution in [1.29, 1.82) is 0 Å². The van der Waals surface area contributed by atoms with Crippen LogP contribution in [-0.2, 0) is 0 Å². The second-order valence-electron chi connectivity index (χ2n) is 6.59. The van der Waals surface area contributed by atoms with Crippen molar-refractivity contribution in [2.75, 3.05) is 25.5 Å². The number of rotatable bonds is 3. The van der Waals surface area contributed by atoms with Gasteiger partial charge in [-0.25, -0.2) is 9.78 Å². The quantitative estimate of drug-likeness (QED) is 0.722. The van der Waals surface area contributed by atoms with Crippen molar-refractivity contribution < 1.29 is 4.79 Å². The SMILES string of the molecule is CNC1CCN(C(=O)Nc2cc3cc(-c4nnc(C)s4)cnc3cn2)CC1. The fraction of sp³-hybridized carbons (Fsp3) is 0.389.